The number of carbonyl (C=O) groups is 1. The number of alkyl halides is 3. The molecule has 1 amide bonds. The van der Waals surface area contributed by atoms with Gasteiger partial charge in [-0.1, -0.05) is 42.5 Å². The third-order valence-corrected chi connectivity index (χ3v) is 4.44. The number of amides is 1. The number of ether oxygens (including phenoxy) is 1. The Labute approximate surface area is 144 Å². The second kappa shape index (κ2) is 7.44. The van der Waals surface area contributed by atoms with E-state index in [1.807, 2.05) is 42.5 Å². The van der Waals surface area contributed by atoms with Crippen LogP contribution in [0.25, 0.3) is 10.8 Å². The molecule has 0 bridgehead atoms. The van der Waals surface area contributed by atoms with E-state index in [4.69, 9.17) is 4.74 Å². The molecule has 1 atom stereocenters. The van der Waals surface area contributed by atoms with Gasteiger partial charge in [0, 0.05) is 25.9 Å². The fourth-order valence-electron chi connectivity index (χ4n) is 3.19. The topological polar surface area (TPSA) is 29.5 Å². The molecular formula is C19H20F3NO2. The molecule has 3 rings (SSSR count). The third kappa shape index (κ3) is 4.72. The normalized spacial score (nSPS) is 18.5. The summed E-state index contributed by atoms with van der Waals surface area (Å²) in [5.74, 6) is -0.455. The number of fused-ring (bicyclic) bond motifs is 1. The molecule has 0 unspecified atom stereocenters. The van der Waals surface area contributed by atoms with Crippen LogP contribution in [-0.2, 0) is 16.0 Å². The van der Waals surface area contributed by atoms with Gasteiger partial charge in [-0.15, -0.1) is 0 Å². The molecule has 0 aliphatic carbocycles. The van der Waals surface area contributed by atoms with E-state index in [1.54, 1.807) is 0 Å². The molecule has 1 aliphatic rings. The highest BCUT2D eigenvalue weighted by Crippen LogP contribution is 2.24. The van der Waals surface area contributed by atoms with Crippen LogP contribution in [0.2, 0.25) is 0 Å². The summed E-state index contributed by atoms with van der Waals surface area (Å²) in [7, 11) is 0. The van der Waals surface area contributed by atoms with Crippen LogP contribution >= 0.6 is 0 Å². The van der Waals surface area contributed by atoms with E-state index in [0.29, 0.717) is 26.1 Å². The molecule has 2 aromatic carbocycles. The van der Waals surface area contributed by atoms with Crippen molar-refractivity contribution in [1.82, 2.24) is 4.90 Å². The van der Waals surface area contributed by atoms with Crippen molar-refractivity contribution < 1.29 is 22.7 Å². The predicted octanol–water partition coefficient (Wildman–Crippen LogP) is 3.95. The van der Waals surface area contributed by atoms with E-state index in [2.05, 4.69) is 0 Å². The van der Waals surface area contributed by atoms with Crippen LogP contribution in [0.15, 0.2) is 42.5 Å². The third-order valence-electron chi connectivity index (χ3n) is 4.44. The van der Waals surface area contributed by atoms with Gasteiger partial charge in [-0.05, 0) is 16.3 Å². The van der Waals surface area contributed by atoms with Crippen LogP contribution in [0.3, 0.4) is 0 Å². The van der Waals surface area contributed by atoms with Crippen molar-refractivity contribution in [3.8, 4) is 0 Å². The van der Waals surface area contributed by atoms with E-state index in [1.165, 1.54) is 4.90 Å². The van der Waals surface area contributed by atoms with Crippen molar-refractivity contribution in [2.45, 2.75) is 31.5 Å². The Kier molecular flexibility index (Phi) is 5.27. The Hall–Kier alpha value is -2.08. The lowest BCUT2D eigenvalue weighted by atomic mass is 9.99. The average Bonchev–Trinajstić information content (AvgIpc) is 2.60. The lowest BCUT2D eigenvalue weighted by Crippen LogP contribution is -2.46. The summed E-state index contributed by atoms with van der Waals surface area (Å²) >= 11 is 0. The molecule has 0 aromatic heterocycles. The van der Waals surface area contributed by atoms with Crippen molar-refractivity contribution in [3.63, 3.8) is 0 Å². The molecule has 0 saturated carbocycles. The number of benzene rings is 2. The molecule has 0 N–H and O–H groups in total. The number of hydrogen-bond donors (Lipinski definition) is 0. The summed E-state index contributed by atoms with van der Waals surface area (Å²) in [6.07, 6.45) is -5.44. The van der Waals surface area contributed by atoms with Crippen LogP contribution in [0.4, 0.5) is 13.2 Å². The first-order valence-electron chi connectivity index (χ1n) is 8.35. The second-order valence-electron chi connectivity index (χ2n) is 6.29. The fraction of sp³-hybridized carbons (Fsp3) is 0.421. The van der Waals surface area contributed by atoms with Crippen LogP contribution in [-0.4, -0.2) is 42.8 Å². The maximum absolute atomic E-state index is 12.3. The smallest absolute Gasteiger partial charge is 0.374 e. The van der Waals surface area contributed by atoms with Crippen LogP contribution < -0.4 is 0 Å². The zero-order valence-electron chi connectivity index (χ0n) is 13.8. The molecule has 1 saturated heterocycles. The number of rotatable bonds is 4. The van der Waals surface area contributed by atoms with Gasteiger partial charge in [0.05, 0.1) is 19.1 Å². The molecule has 1 heterocycles. The summed E-state index contributed by atoms with van der Waals surface area (Å²) < 4.78 is 42.6. The van der Waals surface area contributed by atoms with Gasteiger partial charge in [-0.2, -0.15) is 13.2 Å². The summed E-state index contributed by atoms with van der Waals surface area (Å²) in [6, 6.07) is 14.1. The first-order valence-corrected chi connectivity index (χ1v) is 8.35. The standard InChI is InChI=1S/C19H20F3NO2/c20-19(21,22)9-8-18(24)23-10-11-25-16(13-23)12-15-6-3-5-14-4-1-2-7-17(14)15/h1-7,16H,8-13H2/t16-/m0/s1. The lowest BCUT2D eigenvalue weighted by Gasteiger charge is -2.33. The highest BCUT2D eigenvalue weighted by molar-refractivity contribution is 5.85. The van der Waals surface area contributed by atoms with Crippen molar-refractivity contribution >= 4 is 16.7 Å². The van der Waals surface area contributed by atoms with Crippen LogP contribution in [0, 0.1) is 0 Å². The number of carbonyl (C=O) groups excluding carboxylic acids is 1. The quantitative estimate of drug-likeness (QED) is 0.835. The van der Waals surface area contributed by atoms with E-state index >= 15 is 0 Å². The molecule has 0 spiro atoms. The minimum absolute atomic E-state index is 0.200. The summed E-state index contributed by atoms with van der Waals surface area (Å²) in [5.41, 5.74) is 1.12. The van der Waals surface area contributed by atoms with Crippen molar-refractivity contribution in [2.75, 3.05) is 19.7 Å². The van der Waals surface area contributed by atoms with Gasteiger partial charge < -0.3 is 9.64 Å². The van der Waals surface area contributed by atoms with E-state index in [0.717, 1.165) is 16.3 Å². The molecule has 2 aromatic rings. The molecule has 3 nitrogen and oxygen atoms in total. The maximum atomic E-state index is 12.3. The lowest BCUT2D eigenvalue weighted by molar-refractivity contribution is -0.153. The zero-order chi connectivity index (χ0) is 17.9. The van der Waals surface area contributed by atoms with Crippen molar-refractivity contribution in [1.29, 1.82) is 0 Å². The Bertz CT molecular complexity index is 740. The van der Waals surface area contributed by atoms with E-state index in [-0.39, 0.29) is 6.10 Å². The van der Waals surface area contributed by atoms with Gasteiger partial charge in [0.25, 0.3) is 0 Å². The minimum atomic E-state index is -4.30. The first kappa shape index (κ1) is 17.7. The molecule has 1 fully saturated rings. The Balaban J connectivity index is 1.64. The van der Waals surface area contributed by atoms with E-state index < -0.39 is 24.9 Å². The molecular weight excluding hydrogens is 331 g/mol. The van der Waals surface area contributed by atoms with Gasteiger partial charge in [-0.3, -0.25) is 4.79 Å². The number of morpholine rings is 1. The summed E-state index contributed by atoms with van der Waals surface area (Å²) in [4.78, 5) is 13.5. The summed E-state index contributed by atoms with van der Waals surface area (Å²) in [6.45, 7) is 1.04. The predicted molar refractivity (Wildman–Crippen MR) is 89.3 cm³/mol. The Morgan fingerprint density at radius 1 is 1.16 bits per heavy atom. The molecule has 134 valence electrons. The van der Waals surface area contributed by atoms with Crippen molar-refractivity contribution in [2.24, 2.45) is 0 Å². The second-order valence-corrected chi connectivity index (χ2v) is 6.29. The van der Waals surface area contributed by atoms with Gasteiger partial charge in [0.15, 0.2) is 0 Å². The zero-order valence-corrected chi connectivity index (χ0v) is 13.8. The fourth-order valence-corrected chi connectivity index (χ4v) is 3.19. The minimum Gasteiger partial charge on any atom is -0.374 e. The van der Waals surface area contributed by atoms with Gasteiger partial charge in [0.2, 0.25) is 5.91 Å². The first-order chi connectivity index (χ1) is 11.9. The molecule has 1 aliphatic heterocycles. The van der Waals surface area contributed by atoms with E-state index in [9.17, 15) is 18.0 Å². The Morgan fingerprint density at radius 3 is 2.72 bits per heavy atom. The highest BCUT2D eigenvalue weighted by atomic mass is 19.4. The highest BCUT2D eigenvalue weighted by Gasteiger charge is 2.31. The van der Waals surface area contributed by atoms with Gasteiger partial charge >= 0.3 is 6.18 Å². The average molecular weight is 351 g/mol. The molecule has 25 heavy (non-hydrogen) atoms. The number of hydrogen-bond acceptors (Lipinski definition) is 2. The van der Waals surface area contributed by atoms with Gasteiger partial charge in [0.1, 0.15) is 0 Å². The summed E-state index contributed by atoms with van der Waals surface area (Å²) in [5, 5.41) is 2.27. The SMILES string of the molecule is O=C(CCC(F)(F)F)N1CCO[C@@H](Cc2cccc3ccccc23)C1. The number of nitrogens with zero attached hydrogens (tertiary/aromatic N) is 1. The van der Waals surface area contributed by atoms with Crippen LogP contribution in [0.5, 0.6) is 0 Å². The van der Waals surface area contributed by atoms with Crippen LogP contribution in [0.1, 0.15) is 18.4 Å². The maximum Gasteiger partial charge on any atom is 0.389 e. The Morgan fingerprint density at radius 2 is 1.92 bits per heavy atom. The van der Waals surface area contributed by atoms with Crippen molar-refractivity contribution in [3.05, 3.63) is 48.0 Å². The molecule has 6 heteroatoms. The molecule has 0 radical (unpaired) electrons. The number of halogens is 3. The largest absolute Gasteiger partial charge is 0.389 e. The monoisotopic (exact) mass is 351 g/mol. The van der Waals surface area contributed by atoms with Gasteiger partial charge in [-0.25, -0.2) is 0 Å².